The summed E-state index contributed by atoms with van der Waals surface area (Å²) in [6.45, 7) is 1.47. The van der Waals surface area contributed by atoms with Gasteiger partial charge in [0.15, 0.2) is 11.5 Å². The average molecular weight is 310 g/mol. The molecule has 6 heteroatoms. The molecule has 2 aliphatic heterocycles. The van der Waals surface area contributed by atoms with Gasteiger partial charge in [0.25, 0.3) is 5.91 Å². The van der Waals surface area contributed by atoms with Gasteiger partial charge in [-0.2, -0.15) is 0 Å². The minimum absolute atomic E-state index is 0.0585. The van der Waals surface area contributed by atoms with E-state index in [-0.39, 0.29) is 24.7 Å². The summed E-state index contributed by atoms with van der Waals surface area (Å²) >= 11 is 6.13. The van der Waals surface area contributed by atoms with E-state index in [1.54, 1.807) is 12.1 Å². The molecule has 0 aromatic heterocycles. The second kappa shape index (κ2) is 4.78. The zero-order valence-electron chi connectivity index (χ0n) is 11.4. The van der Waals surface area contributed by atoms with Gasteiger partial charge >= 0.3 is 0 Å². The number of carbonyl (C=O) groups is 1. The van der Waals surface area contributed by atoms with Crippen molar-refractivity contribution in [3.8, 4) is 11.5 Å². The normalized spacial score (nSPS) is 29.8. The number of carbonyl (C=O) groups excluding carboxylic acids is 1. The Bertz CT molecular complexity index is 606. The Kier molecular flexibility index (Phi) is 3.01. The fraction of sp³-hybridized carbons (Fsp3) is 0.533. The van der Waals surface area contributed by atoms with Gasteiger partial charge < -0.3 is 19.5 Å². The highest BCUT2D eigenvalue weighted by molar-refractivity contribution is 6.32. The molecule has 1 aromatic rings. The fourth-order valence-corrected chi connectivity index (χ4v) is 3.94. The van der Waals surface area contributed by atoms with Gasteiger partial charge in [-0.3, -0.25) is 4.79 Å². The Morgan fingerprint density at radius 1 is 1.29 bits per heavy atom. The van der Waals surface area contributed by atoms with Crippen LogP contribution in [0.5, 0.6) is 11.5 Å². The van der Waals surface area contributed by atoms with Gasteiger partial charge in [-0.05, 0) is 30.9 Å². The molecule has 2 heterocycles. The van der Waals surface area contributed by atoms with Crippen molar-refractivity contribution in [2.75, 3.05) is 19.9 Å². The van der Waals surface area contributed by atoms with Crippen molar-refractivity contribution in [1.29, 1.82) is 0 Å². The molecule has 3 atom stereocenters. The van der Waals surface area contributed by atoms with Crippen LogP contribution >= 0.6 is 11.6 Å². The Morgan fingerprint density at radius 3 is 2.95 bits per heavy atom. The lowest BCUT2D eigenvalue weighted by Gasteiger charge is -2.19. The van der Waals surface area contributed by atoms with Crippen molar-refractivity contribution < 1.29 is 19.4 Å². The summed E-state index contributed by atoms with van der Waals surface area (Å²) in [6.07, 6.45) is 1.58. The van der Waals surface area contributed by atoms with Crippen LogP contribution in [0.3, 0.4) is 0 Å². The molecule has 1 aromatic carbocycles. The monoisotopic (exact) mass is 309 g/mol. The first-order valence-electron chi connectivity index (χ1n) is 7.20. The molecule has 4 rings (SSSR count). The average Bonchev–Trinajstić information content (AvgIpc) is 3.15. The van der Waals surface area contributed by atoms with Gasteiger partial charge in [0.05, 0.1) is 11.1 Å². The number of ether oxygens (including phenoxy) is 2. The predicted molar refractivity (Wildman–Crippen MR) is 75.7 cm³/mol. The maximum Gasteiger partial charge on any atom is 0.254 e. The topological polar surface area (TPSA) is 59.0 Å². The zero-order valence-corrected chi connectivity index (χ0v) is 12.2. The lowest BCUT2D eigenvalue weighted by molar-refractivity contribution is 0.0752. The van der Waals surface area contributed by atoms with E-state index in [1.165, 1.54) is 0 Å². The maximum atomic E-state index is 12.6. The number of hydrogen-bond donors (Lipinski definition) is 1. The molecular formula is C15H16ClNO4. The number of likely N-dealkylation sites (tertiary alicyclic amines) is 1. The molecule has 3 unspecified atom stereocenters. The van der Waals surface area contributed by atoms with Crippen molar-refractivity contribution >= 4 is 17.5 Å². The van der Waals surface area contributed by atoms with Crippen LogP contribution in [0.25, 0.3) is 0 Å². The third-order valence-electron chi connectivity index (χ3n) is 4.78. The first-order valence-corrected chi connectivity index (χ1v) is 7.58. The lowest BCUT2D eigenvalue weighted by Crippen LogP contribution is -2.31. The molecular weight excluding hydrogens is 294 g/mol. The van der Waals surface area contributed by atoms with Gasteiger partial charge in [0, 0.05) is 24.6 Å². The van der Waals surface area contributed by atoms with E-state index in [9.17, 15) is 9.90 Å². The SMILES string of the molecule is O=C(c1cc(Cl)c2c(c1)OCO2)N1CC2CCC(O)C2C1. The van der Waals surface area contributed by atoms with E-state index >= 15 is 0 Å². The predicted octanol–water partition coefficient (Wildman–Crippen LogP) is 1.91. The van der Waals surface area contributed by atoms with Crippen molar-refractivity contribution in [3.05, 3.63) is 22.7 Å². The summed E-state index contributed by atoms with van der Waals surface area (Å²) in [5.41, 5.74) is 0.513. The summed E-state index contributed by atoms with van der Waals surface area (Å²) in [5, 5.41) is 10.3. The summed E-state index contributed by atoms with van der Waals surface area (Å²) < 4.78 is 10.6. The van der Waals surface area contributed by atoms with E-state index < -0.39 is 0 Å². The van der Waals surface area contributed by atoms with Crippen LogP contribution in [-0.4, -0.2) is 41.9 Å². The largest absolute Gasteiger partial charge is 0.454 e. The molecule has 0 spiro atoms. The molecule has 1 aliphatic carbocycles. The maximum absolute atomic E-state index is 12.6. The minimum Gasteiger partial charge on any atom is -0.454 e. The molecule has 112 valence electrons. The van der Waals surface area contributed by atoms with Crippen LogP contribution in [0.2, 0.25) is 5.02 Å². The van der Waals surface area contributed by atoms with E-state index in [2.05, 4.69) is 0 Å². The number of benzene rings is 1. The van der Waals surface area contributed by atoms with Gasteiger partial charge in [-0.25, -0.2) is 0 Å². The van der Waals surface area contributed by atoms with Crippen LogP contribution in [0, 0.1) is 11.8 Å². The van der Waals surface area contributed by atoms with Crippen molar-refractivity contribution in [3.63, 3.8) is 0 Å². The highest BCUT2D eigenvalue weighted by atomic mass is 35.5. The molecule has 5 nitrogen and oxygen atoms in total. The number of nitrogens with zero attached hydrogens (tertiary/aromatic N) is 1. The first kappa shape index (κ1) is 13.2. The van der Waals surface area contributed by atoms with E-state index in [4.69, 9.17) is 21.1 Å². The summed E-state index contributed by atoms with van der Waals surface area (Å²) in [4.78, 5) is 14.4. The van der Waals surface area contributed by atoms with Gasteiger partial charge in [0.2, 0.25) is 6.79 Å². The van der Waals surface area contributed by atoms with E-state index in [0.29, 0.717) is 41.1 Å². The fourth-order valence-electron chi connectivity index (χ4n) is 3.68. The highest BCUT2D eigenvalue weighted by Crippen LogP contribution is 2.42. The number of aliphatic hydroxyl groups excluding tert-OH is 1. The van der Waals surface area contributed by atoms with Crippen LogP contribution in [-0.2, 0) is 0 Å². The Balaban J connectivity index is 1.57. The second-order valence-electron chi connectivity index (χ2n) is 5.97. The van der Waals surface area contributed by atoms with Crippen LogP contribution in [0.15, 0.2) is 12.1 Å². The van der Waals surface area contributed by atoms with Crippen molar-refractivity contribution in [1.82, 2.24) is 4.90 Å². The molecule has 2 fully saturated rings. The van der Waals surface area contributed by atoms with E-state index in [0.717, 1.165) is 12.8 Å². The molecule has 1 N–H and O–H groups in total. The number of amides is 1. The van der Waals surface area contributed by atoms with Crippen molar-refractivity contribution in [2.24, 2.45) is 11.8 Å². The third-order valence-corrected chi connectivity index (χ3v) is 5.06. The summed E-state index contributed by atoms with van der Waals surface area (Å²) in [7, 11) is 0. The number of halogens is 1. The molecule has 1 amide bonds. The molecule has 0 bridgehead atoms. The molecule has 3 aliphatic rings. The molecule has 1 saturated heterocycles. The van der Waals surface area contributed by atoms with Crippen molar-refractivity contribution in [2.45, 2.75) is 18.9 Å². The Labute approximate surface area is 127 Å². The molecule has 21 heavy (non-hydrogen) atoms. The highest BCUT2D eigenvalue weighted by Gasteiger charge is 2.43. The number of fused-ring (bicyclic) bond motifs is 2. The standard InChI is InChI=1S/C15H16ClNO4/c16-11-3-9(4-13-14(11)21-7-20-13)15(19)17-5-8-1-2-12(18)10(8)6-17/h3-4,8,10,12,18H,1-2,5-7H2. The Morgan fingerprint density at radius 2 is 2.14 bits per heavy atom. The minimum atomic E-state index is -0.270. The summed E-state index contributed by atoms with van der Waals surface area (Å²) in [5.74, 6) is 1.61. The first-order chi connectivity index (χ1) is 10.1. The number of rotatable bonds is 1. The number of hydrogen-bond acceptors (Lipinski definition) is 4. The second-order valence-corrected chi connectivity index (χ2v) is 6.38. The molecule has 0 radical (unpaired) electrons. The zero-order chi connectivity index (χ0) is 14.6. The Hall–Kier alpha value is -1.46. The quantitative estimate of drug-likeness (QED) is 0.861. The van der Waals surface area contributed by atoms with Gasteiger partial charge in [-0.1, -0.05) is 11.6 Å². The van der Waals surface area contributed by atoms with Crippen LogP contribution < -0.4 is 9.47 Å². The summed E-state index contributed by atoms with van der Waals surface area (Å²) in [6, 6.07) is 3.31. The van der Waals surface area contributed by atoms with Crippen LogP contribution in [0.4, 0.5) is 0 Å². The van der Waals surface area contributed by atoms with Gasteiger partial charge in [0.1, 0.15) is 0 Å². The van der Waals surface area contributed by atoms with Crippen LogP contribution in [0.1, 0.15) is 23.2 Å². The third kappa shape index (κ3) is 2.07. The molecule has 1 saturated carbocycles. The lowest BCUT2D eigenvalue weighted by atomic mass is 10.00. The van der Waals surface area contributed by atoms with Gasteiger partial charge in [-0.15, -0.1) is 0 Å². The number of aliphatic hydroxyl groups is 1. The van der Waals surface area contributed by atoms with E-state index in [1.807, 2.05) is 4.90 Å². The smallest absolute Gasteiger partial charge is 0.254 e.